The number of nitrogens with zero attached hydrogens (tertiary/aromatic N) is 1. The average Bonchev–Trinajstić information content (AvgIpc) is 2.58. The van der Waals surface area contributed by atoms with E-state index < -0.39 is 0 Å². The molecule has 5 heteroatoms. The lowest BCUT2D eigenvalue weighted by Gasteiger charge is -2.17. The molecule has 0 aromatic heterocycles. The molecule has 5 nitrogen and oxygen atoms in total. The van der Waals surface area contributed by atoms with E-state index in [9.17, 15) is 4.79 Å². The first-order valence-corrected chi connectivity index (χ1v) is 5.41. The number of urea groups is 1. The fourth-order valence-corrected chi connectivity index (χ4v) is 1.58. The van der Waals surface area contributed by atoms with Crippen LogP contribution in [0.5, 0.6) is 0 Å². The molecule has 2 atom stereocenters. The average molecular weight is 215 g/mol. The molecular formula is C10H21N3O2. The first kappa shape index (κ1) is 12.3. The lowest BCUT2D eigenvalue weighted by molar-refractivity contribution is 0.113. The first-order chi connectivity index (χ1) is 7.11. The van der Waals surface area contributed by atoms with E-state index in [1.807, 2.05) is 0 Å². The number of hydrogen-bond donors (Lipinski definition) is 2. The normalized spacial score (nSPS) is 25.3. The minimum atomic E-state index is -0.0486. The molecule has 1 saturated heterocycles. The Morgan fingerprint density at radius 2 is 2.20 bits per heavy atom. The van der Waals surface area contributed by atoms with Crippen LogP contribution in [0.3, 0.4) is 0 Å². The van der Waals surface area contributed by atoms with Gasteiger partial charge in [0, 0.05) is 39.8 Å². The molecule has 0 saturated carbocycles. The van der Waals surface area contributed by atoms with Crippen molar-refractivity contribution >= 4 is 6.03 Å². The quantitative estimate of drug-likeness (QED) is 0.650. The maximum absolute atomic E-state index is 11.2. The van der Waals surface area contributed by atoms with Crippen LogP contribution in [0.2, 0.25) is 0 Å². The molecule has 1 rings (SSSR count). The second kappa shape index (κ2) is 5.92. The summed E-state index contributed by atoms with van der Waals surface area (Å²) in [6.07, 6.45) is 1.34. The largest absolute Gasteiger partial charge is 0.377 e. The summed E-state index contributed by atoms with van der Waals surface area (Å²) in [5.41, 5.74) is 0. The molecule has 2 N–H and O–H groups in total. The summed E-state index contributed by atoms with van der Waals surface area (Å²) in [6, 6.07) is 0.383. The van der Waals surface area contributed by atoms with Gasteiger partial charge < -0.3 is 20.3 Å². The van der Waals surface area contributed by atoms with E-state index in [1.165, 1.54) is 4.90 Å². The van der Waals surface area contributed by atoms with Crippen molar-refractivity contribution in [3.63, 3.8) is 0 Å². The standard InChI is InChI=1S/C10H21N3O2/c1-8-9(4-7-15-8)11-5-6-12-10(14)13(2)3/h8-9,11H,4-7H2,1-3H3,(H,12,14). The van der Waals surface area contributed by atoms with Crippen LogP contribution in [-0.2, 0) is 4.74 Å². The molecule has 0 bridgehead atoms. The van der Waals surface area contributed by atoms with Gasteiger partial charge in [0.15, 0.2) is 0 Å². The van der Waals surface area contributed by atoms with E-state index in [-0.39, 0.29) is 12.1 Å². The van der Waals surface area contributed by atoms with Gasteiger partial charge in [-0.25, -0.2) is 4.79 Å². The van der Waals surface area contributed by atoms with Gasteiger partial charge in [-0.15, -0.1) is 0 Å². The summed E-state index contributed by atoms with van der Waals surface area (Å²) < 4.78 is 5.42. The molecule has 0 aromatic rings. The fraction of sp³-hybridized carbons (Fsp3) is 0.900. The third-order valence-electron chi connectivity index (χ3n) is 2.59. The molecule has 2 unspecified atom stereocenters. The van der Waals surface area contributed by atoms with Crippen molar-refractivity contribution < 1.29 is 9.53 Å². The van der Waals surface area contributed by atoms with E-state index in [4.69, 9.17) is 4.74 Å². The highest BCUT2D eigenvalue weighted by Crippen LogP contribution is 2.11. The van der Waals surface area contributed by atoms with Gasteiger partial charge >= 0.3 is 6.03 Å². The summed E-state index contributed by atoms with van der Waals surface area (Å²) in [4.78, 5) is 12.7. The molecule has 0 aromatic carbocycles. The zero-order valence-corrected chi connectivity index (χ0v) is 9.75. The predicted octanol–water partition coefficient (Wildman–Crippen LogP) is 0.0246. The Labute approximate surface area is 91.2 Å². The SMILES string of the molecule is CC1OCCC1NCCNC(=O)N(C)C. The summed E-state index contributed by atoms with van der Waals surface area (Å²) in [7, 11) is 3.46. The number of carbonyl (C=O) groups excluding carboxylic acids is 1. The van der Waals surface area contributed by atoms with Crippen LogP contribution in [-0.4, -0.2) is 56.9 Å². The van der Waals surface area contributed by atoms with E-state index >= 15 is 0 Å². The third-order valence-corrected chi connectivity index (χ3v) is 2.59. The smallest absolute Gasteiger partial charge is 0.316 e. The van der Waals surface area contributed by atoms with Crippen LogP contribution >= 0.6 is 0 Å². The molecule has 0 aliphatic carbocycles. The first-order valence-electron chi connectivity index (χ1n) is 5.41. The summed E-state index contributed by atoms with van der Waals surface area (Å²) >= 11 is 0. The molecule has 1 heterocycles. The van der Waals surface area contributed by atoms with Gasteiger partial charge in [0.1, 0.15) is 0 Å². The van der Waals surface area contributed by atoms with Gasteiger partial charge in [-0.05, 0) is 13.3 Å². The van der Waals surface area contributed by atoms with Gasteiger partial charge in [0.2, 0.25) is 0 Å². The summed E-state index contributed by atoms with van der Waals surface area (Å²) in [5.74, 6) is 0. The Bertz CT molecular complexity index is 209. The van der Waals surface area contributed by atoms with Crippen molar-refractivity contribution in [2.75, 3.05) is 33.8 Å². The molecule has 1 fully saturated rings. The van der Waals surface area contributed by atoms with Crippen LogP contribution in [0.4, 0.5) is 4.79 Å². The van der Waals surface area contributed by atoms with Gasteiger partial charge in [0.05, 0.1) is 6.10 Å². The van der Waals surface area contributed by atoms with Crippen molar-refractivity contribution in [1.29, 1.82) is 0 Å². The van der Waals surface area contributed by atoms with Gasteiger partial charge in [0.25, 0.3) is 0 Å². The second-order valence-corrected chi connectivity index (χ2v) is 4.05. The Kier molecular flexibility index (Phi) is 4.84. The van der Waals surface area contributed by atoms with Gasteiger partial charge in [-0.3, -0.25) is 0 Å². The van der Waals surface area contributed by atoms with E-state index in [0.717, 1.165) is 19.6 Å². The van der Waals surface area contributed by atoms with Crippen molar-refractivity contribution in [3.05, 3.63) is 0 Å². The topological polar surface area (TPSA) is 53.6 Å². The summed E-state index contributed by atoms with van der Waals surface area (Å²) in [5, 5.41) is 6.17. The number of carbonyl (C=O) groups is 1. The van der Waals surface area contributed by atoms with Crippen LogP contribution in [0, 0.1) is 0 Å². The zero-order valence-electron chi connectivity index (χ0n) is 9.75. The number of hydrogen-bond acceptors (Lipinski definition) is 3. The predicted molar refractivity (Wildman–Crippen MR) is 58.9 cm³/mol. The zero-order chi connectivity index (χ0) is 11.3. The summed E-state index contributed by atoms with van der Waals surface area (Å²) in [6.45, 7) is 4.35. The van der Waals surface area contributed by atoms with Crippen LogP contribution in [0.15, 0.2) is 0 Å². The van der Waals surface area contributed by atoms with Crippen LogP contribution < -0.4 is 10.6 Å². The Morgan fingerprint density at radius 1 is 1.47 bits per heavy atom. The van der Waals surface area contributed by atoms with Crippen molar-refractivity contribution in [1.82, 2.24) is 15.5 Å². The molecule has 0 spiro atoms. The highest BCUT2D eigenvalue weighted by atomic mass is 16.5. The highest BCUT2D eigenvalue weighted by molar-refractivity contribution is 5.73. The van der Waals surface area contributed by atoms with Gasteiger partial charge in [-0.2, -0.15) is 0 Å². The second-order valence-electron chi connectivity index (χ2n) is 4.05. The lowest BCUT2D eigenvalue weighted by atomic mass is 10.1. The third kappa shape index (κ3) is 4.05. The van der Waals surface area contributed by atoms with Crippen molar-refractivity contribution in [3.8, 4) is 0 Å². The van der Waals surface area contributed by atoms with Crippen molar-refractivity contribution in [2.24, 2.45) is 0 Å². The fourth-order valence-electron chi connectivity index (χ4n) is 1.58. The maximum atomic E-state index is 11.2. The molecule has 1 aliphatic heterocycles. The minimum absolute atomic E-state index is 0.0486. The number of rotatable bonds is 4. The van der Waals surface area contributed by atoms with Gasteiger partial charge in [-0.1, -0.05) is 0 Å². The number of ether oxygens (including phenoxy) is 1. The Morgan fingerprint density at radius 3 is 2.73 bits per heavy atom. The minimum Gasteiger partial charge on any atom is -0.377 e. The van der Waals surface area contributed by atoms with Crippen LogP contribution in [0.25, 0.3) is 0 Å². The molecule has 15 heavy (non-hydrogen) atoms. The lowest BCUT2D eigenvalue weighted by Crippen LogP contribution is -2.42. The Hall–Kier alpha value is -0.810. The van der Waals surface area contributed by atoms with E-state index in [1.54, 1.807) is 14.1 Å². The molecule has 88 valence electrons. The highest BCUT2D eigenvalue weighted by Gasteiger charge is 2.22. The number of nitrogens with one attached hydrogen (secondary N) is 2. The van der Waals surface area contributed by atoms with Crippen molar-refractivity contribution in [2.45, 2.75) is 25.5 Å². The monoisotopic (exact) mass is 215 g/mol. The Balaban J connectivity index is 2.04. The van der Waals surface area contributed by atoms with E-state index in [0.29, 0.717) is 12.6 Å². The number of amides is 2. The van der Waals surface area contributed by atoms with Crippen LogP contribution in [0.1, 0.15) is 13.3 Å². The van der Waals surface area contributed by atoms with E-state index in [2.05, 4.69) is 17.6 Å². The maximum Gasteiger partial charge on any atom is 0.316 e. The molecular weight excluding hydrogens is 194 g/mol. The molecule has 1 aliphatic rings. The molecule has 0 radical (unpaired) electrons. The molecule has 2 amide bonds.